The van der Waals surface area contributed by atoms with Crippen LogP contribution in [-0.4, -0.2) is 60.7 Å². The van der Waals surface area contributed by atoms with E-state index in [1.807, 2.05) is 0 Å². The first-order chi connectivity index (χ1) is 7.83. The smallest absolute Gasteiger partial charge is 0.418 e. The summed E-state index contributed by atoms with van der Waals surface area (Å²) in [4.78, 5) is 24.1. The average molecular weight is 266 g/mol. The van der Waals surface area contributed by atoms with Crippen LogP contribution < -0.4 is 0 Å². The van der Waals surface area contributed by atoms with Crippen LogP contribution in [0, 0.1) is 0 Å². The van der Waals surface area contributed by atoms with Gasteiger partial charge in [-0.15, -0.1) is 4.28 Å². The van der Waals surface area contributed by atoms with Crippen LogP contribution in [-0.2, 0) is 24.2 Å². The zero-order valence-corrected chi connectivity index (χ0v) is 9.58. The number of methoxy groups -OCH3 is 1. The van der Waals surface area contributed by atoms with Gasteiger partial charge >= 0.3 is 22.4 Å². The molecule has 1 N–H and O–H groups in total. The quantitative estimate of drug-likeness (QED) is 0.502. The third-order valence-corrected chi connectivity index (χ3v) is 3.04. The highest BCUT2D eigenvalue weighted by atomic mass is 32.3. The number of hydroxylamine groups is 2. The fraction of sp³-hybridized carbons (Fsp3) is 0.714. The first-order valence-electron chi connectivity index (χ1n) is 4.68. The maximum Gasteiger partial charge on any atom is 0.418 e. The Morgan fingerprint density at radius 1 is 1.53 bits per heavy atom. The van der Waals surface area contributed by atoms with Crippen molar-refractivity contribution >= 4 is 22.4 Å². The number of hydrogen-bond acceptors (Lipinski definition) is 6. The molecule has 2 aliphatic heterocycles. The number of amides is 2. The van der Waals surface area contributed by atoms with Crippen molar-refractivity contribution in [1.29, 1.82) is 0 Å². The molecule has 96 valence electrons. The van der Waals surface area contributed by atoms with E-state index in [9.17, 15) is 18.0 Å². The van der Waals surface area contributed by atoms with Crippen LogP contribution in [0.2, 0.25) is 0 Å². The normalized spacial score (nSPS) is 27.8. The Balaban J connectivity index is 2.12. The summed E-state index contributed by atoms with van der Waals surface area (Å²) in [5.41, 5.74) is 0. The zero-order valence-electron chi connectivity index (χ0n) is 8.77. The predicted molar refractivity (Wildman–Crippen MR) is 50.8 cm³/mol. The van der Waals surface area contributed by atoms with Gasteiger partial charge in [-0.2, -0.15) is 13.5 Å². The van der Waals surface area contributed by atoms with E-state index in [0.717, 1.165) is 4.90 Å². The van der Waals surface area contributed by atoms with E-state index in [-0.39, 0.29) is 13.0 Å². The van der Waals surface area contributed by atoms with Crippen LogP contribution in [0.1, 0.15) is 6.42 Å². The van der Waals surface area contributed by atoms with Crippen molar-refractivity contribution in [3.63, 3.8) is 0 Å². The molecular weight excluding hydrogens is 256 g/mol. The number of hydrogen-bond donors (Lipinski definition) is 1. The van der Waals surface area contributed by atoms with Crippen LogP contribution in [0.3, 0.4) is 0 Å². The number of rotatable bonds is 3. The number of carbonyl (C=O) groups excluding carboxylic acids is 2. The van der Waals surface area contributed by atoms with Gasteiger partial charge in [-0.05, 0) is 0 Å². The number of ether oxygens (including phenoxy) is 1. The lowest BCUT2D eigenvalue weighted by atomic mass is 10.1. The first-order valence-corrected chi connectivity index (χ1v) is 6.04. The number of nitrogens with zero attached hydrogens (tertiary/aromatic N) is 2. The molecule has 0 spiro atoms. The van der Waals surface area contributed by atoms with Crippen molar-refractivity contribution in [2.45, 2.75) is 18.5 Å². The molecule has 2 bridgehead atoms. The summed E-state index contributed by atoms with van der Waals surface area (Å²) in [5, 5.41) is 0.550. The largest absolute Gasteiger partial charge is 0.467 e. The Labute approximate surface area is 96.8 Å². The lowest BCUT2D eigenvalue weighted by molar-refractivity contribution is -0.146. The SMILES string of the molecule is COC(=O)[C@H]1C[C@@H]2CN1C(=O)N2OS(=O)(=O)O. The number of fused-ring (bicyclic) bond motifs is 2. The van der Waals surface area contributed by atoms with Gasteiger partial charge in [0.1, 0.15) is 6.04 Å². The number of esters is 1. The highest BCUT2D eigenvalue weighted by Crippen LogP contribution is 2.32. The minimum absolute atomic E-state index is 0.161. The molecule has 2 rings (SSSR count). The monoisotopic (exact) mass is 266 g/mol. The highest BCUT2D eigenvalue weighted by molar-refractivity contribution is 7.80. The summed E-state index contributed by atoms with van der Waals surface area (Å²) in [6.07, 6.45) is 0.202. The lowest BCUT2D eigenvalue weighted by Gasteiger charge is -2.28. The van der Waals surface area contributed by atoms with Crippen molar-refractivity contribution < 1.29 is 31.6 Å². The summed E-state index contributed by atoms with van der Waals surface area (Å²) >= 11 is 0. The molecule has 0 aromatic heterocycles. The van der Waals surface area contributed by atoms with Crippen LogP contribution in [0.15, 0.2) is 0 Å². The Bertz CT molecular complexity index is 461. The van der Waals surface area contributed by atoms with Crippen LogP contribution in [0.5, 0.6) is 0 Å². The maximum atomic E-state index is 11.6. The second kappa shape index (κ2) is 3.82. The van der Waals surface area contributed by atoms with Gasteiger partial charge in [-0.3, -0.25) is 4.55 Å². The molecule has 0 radical (unpaired) electrons. The minimum atomic E-state index is -4.74. The van der Waals surface area contributed by atoms with E-state index in [1.165, 1.54) is 7.11 Å². The molecule has 17 heavy (non-hydrogen) atoms. The van der Waals surface area contributed by atoms with Gasteiger partial charge in [0.05, 0.1) is 13.2 Å². The van der Waals surface area contributed by atoms with Crippen molar-refractivity contribution in [3.8, 4) is 0 Å². The van der Waals surface area contributed by atoms with Crippen LogP contribution in [0.4, 0.5) is 4.79 Å². The van der Waals surface area contributed by atoms with Crippen LogP contribution >= 0.6 is 0 Å². The summed E-state index contributed by atoms with van der Waals surface area (Å²) in [7, 11) is -3.54. The molecule has 2 amide bonds. The van der Waals surface area contributed by atoms with E-state index in [1.54, 1.807) is 0 Å². The Morgan fingerprint density at radius 2 is 2.18 bits per heavy atom. The zero-order chi connectivity index (χ0) is 12.8. The fourth-order valence-corrected chi connectivity index (χ4v) is 2.42. The molecule has 0 aliphatic carbocycles. The third kappa shape index (κ3) is 2.06. The Hall–Kier alpha value is -1.39. The molecule has 0 saturated carbocycles. The van der Waals surface area contributed by atoms with Gasteiger partial charge in [0, 0.05) is 13.0 Å². The molecule has 9 nitrogen and oxygen atoms in total. The maximum absolute atomic E-state index is 11.6. The predicted octanol–water partition coefficient (Wildman–Crippen LogP) is -1.23. The van der Waals surface area contributed by atoms with Gasteiger partial charge in [0.15, 0.2) is 0 Å². The van der Waals surface area contributed by atoms with Gasteiger partial charge in [0.2, 0.25) is 0 Å². The summed E-state index contributed by atoms with van der Waals surface area (Å²) in [6, 6.07) is -2.10. The van der Waals surface area contributed by atoms with Crippen molar-refractivity contribution in [3.05, 3.63) is 0 Å². The molecule has 10 heteroatoms. The third-order valence-electron chi connectivity index (χ3n) is 2.69. The fourth-order valence-electron chi connectivity index (χ4n) is 2.03. The molecule has 0 aromatic carbocycles. The molecule has 0 unspecified atom stereocenters. The second-order valence-electron chi connectivity index (χ2n) is 3.69. The second-order valence-corrected chi connectivity index (χ2v) is 4.70. The van der Waals surface area contributed by atoms with Crippen molar-refractivity contribution in [1.82, 2.24) is 9.96 Å². The average Bonchev–Trinajstić information content (AvgIpc) is 2.76. The van der Waals surface area contributed by atoms with E-state index in [2.05, 4.69) is 9.02 Å². The molecule has 2 atom stereocenters. The van der Waals surface area contributed by atoms with E-state index in [4.69, 9.17) is 4.55 Å². The van der Waals surface area contributed by atoms with E-state index in [0.29, 0.717) is 5.06 Å². The van der Waals surface area contributed by atoms with E-state index < -0.39 is 34.5 Å². The summed E-state index contributed by atoms with van der Waals surface area (Å²) < 4.78 is 38.1. The molecule has 0 aromatic rings. The molecule has 2 aliphatic rings. The summed E-state index contributed by atoms with van der Waals surface area (Å²) in [6.45, 7) is 0.161. The Kier molecular flexibility index (Phi) is 2.72. The summed E-state index contributed by atoms with van der Waals surface area (Å²) in [5.74, 6) is -0.563. The number of urea groups is 1. The number of carbonyl (C=O) groups is 2. The Morgan fingerprint density at radius 3 is 2.65 bits per heavy atom. The first kappa shape index (κ1) is 12.1. The van der Waals surface area contributed by atoms with Gasteiger partial charge in [-0.25, -0.2) is 9.59 Å². The molecule has 2 heterocycles. The van der Waals surface area contributed by atoms with E-state index >= 15 is 0 Å². The molecular formula is C7H10N2O7S. The van der Waals surface area contributed by atoms with Gasteiger partial charge in [0.25, 0.3) is 0 Å². The molecule has 2 fully saturated rings. The lowest BCUT2D eigenvalue weighted by Crippen LogP contribution is -2.49. The van der Waals surface area contributed by atoms with Gasteiger partial charge < -0.3 is 9.64 Å². The van der Waals surface area contributed by atoms with Crippen LogP contribution in [0.25, 0.3) is 0 Å². The topological polar surface area (TPSA) is 113 Å². The van der Waals surface area contributed by atoms with Crippen molar-refractivity contribution in [2.24, 2.45) is 0 Å². The standard InChI is InChI=1S/C7H10N2O7S/c1-15-6(10)5-2-4-3-8(5)7(11)9(4)16-17(12,13)14/h4-5H,2-3H2,1H3,(H,12,13,14)/t4-,5-/m1/s1. The molecule has 2 saturated heterocycles. The van der Waals surface area contributed by atoms with Crippen molar-refractivity contribution in [2.75, 3.05) is 13.7 Å². The van der Waals surface area contributed by atoms with Gasteiger partial charge in [-0.1, -0.05) is 0 Å². The highest BCUT2D eigenvalue weighted by Gasteiger charge is 2.53. The minimum Gasteiger partial charge on any atom is -0.467 e.